The van der Waals surface area contributed by atoms with E-state index in [-0.39, 0.29) is 11.9 Å². The van der Waals surface area contributed by atoms with E-state index >= 15 is 0 Å². The van der Waals surface area contributed by atoms with Gasteiger partial charge in [0.2, 0.25) is 0 Å². The molecule has 1 aromatic heterocycles. The molecule has 5 nitrogen and oxygen atoms in total. The van der Waals surface area contributed by atoms with Gasteiger partial charge in [0.15, 0.2) is 0 Å². The van der Waals surface area contributed by atoms with Crippen LogP contribution in [0.3, 0.4) is 0 Å². The van der Waals surface area contributed by atoms with Crippen LogP contribution in [-0.2, 0) is 0 Å². The summed E-state index contributed by atoms with van der Waals surface area (Å²) in [5.41, 5.74) is 3.40. The van der Waals surface area contributed by atoms with Gasteiger partial charge in [-0.3, -0.25) is 4.79 Å². The first-order valence-corrected chi connectivity index (χ1v) is 10.7. The summed E-state index contributed by atoms with van der Waals surface area (Å²) in [6.45, 7) is 4.11. The molecule has 2 atom stereocenters. The molecule has 1 heterocycles. The van der Waals surface area contributed by atoms with Crippen LogP contribution in [0.1, 0.15) is 48.8 Å². The molecule has 154 valence electrons. The van der Waals surface area contributed by atoms with Crippen LogP contribution in [0.25, 0.3) is 11.3 Å². The zero-order chi connectivity index (χ0) is 20.9. The zero-order valence-electron chi connectivity index (χ0n) is 17.6. The third-order valence-corrected chi connectivity index (χ3v) is 5.73. The average Bonchev–Trinajstić information content (AvgIpc) is 2.76. The monoisotopic (exact) mass is 400 g/mol. The van der Waals surface area contributed by atoms with E-state index in [0.29, 0.717) is 23.1 Å². The number of rotatable bonds is 5. The summed E-state index contributed by atoms with van der Waals surface area (Å²) >= 11 is 0. The maximum atomic E-state index is 12.8. The number of nitrogens with zero attached hydrogens (tertiary/aromatic N) is 2. The predicted molar refractivity (Wildman–Crippen MR) is 121 cm³/mol. The number of carbonyl (C=O) groups is 1. The number of hydrogen-bond acceptors (Lipinski definition) is 4. The molecule has 2 aromatic carbocycles. The van der Waals surface area contributed by atoms with E-state index < -0.39 is 0 Å². The first kappa shape index (κ1) is 20.1. The summed E-state index contributed by atoms with van der Waals surface area (Å²) in [7, 11) is 0. The molecule has 3 aromatic rings. The summed E-state index contributed by atoms with van der Waals surface area (Å²) in [5, 5.41) is 6.55. The molecule has 1 fully saturated rings. The Morgan fingerprint density at radius 3 is 2.57 bits per heavy atom. The van der Waals surface area contributed by atoms with Crippen LogP contribution in [0, 0.1) is 12.8 Å². The van der Waals surface area contributed by atoms with Gasteiger partial charge in [-0.1, -0.05) is 56.2 Å². The van der Waals surface area contributed by atoms with Crippen molar-refractivity contribution in [1.82, 2.24) is 15.3 Å². The Morgan fingerprint density at radius 2 is 1.77 bits per heavy atom. The first-order chi connectivity index (χ1) is 14.6. The number of aromatic nitrogens is 2. The largest absolute Gasteiger partial charge is 0.349 e. The average molecular weight is 401 g/mol. The van der Waals surface area contributed by atoms with Gasteiger partial charge in [-0.15, -0.1) is 0 Å². The van der Waals surface area contributed by atoms with Crippen molar-refractivity contribution in [3.63, 3.8) is 0 Å². The van der Waals surface area contributed by atoms with Crippen LogP contribution in [0.2, 0.25) is 0 Å². The van der Waals surface area contributed by atoms with Crippen molar-refractivity contribution in [1.29, 1.82) is 0 Å². The number of carbonyl (C=O) groups excluding carboxylic acids is 1. The second-order valence-corrected chi connectivity index (χ2v) is 8.10. The van der Waals surface area contributed by atoms with Crippen molar-refractivity contribution < 1.29 is 4.79 Å². The molecule has 2 unspecified atom stereocenters. The molecule has 1 aliphatic carbocycles. The Morgan fingerprint density at radius 1 is 0.967 bits per heavy atom. The van der Waals surface area contributed by atoms with Crippen molar-refractivity contribution in [3.8, 4) is 11.3 Å². The lowest BCUT2D eigenvalue weighted by Crippen LogP contribution is -2.41. The summed E-state index contributed by atoms with van der Waals surface area (Å²) in [6, 6.07) is 19.8. The second kappa shape index (κ2) is 9.08. The van der Waals surface area contributed by atoms with E-state index in [1.165, 1.54) is 19.3 Å². The van der Waals surface area contributed by atoms with Crippen molar-refractivity contribution >= 4 is 17.4 Å². The number of nitrogens with one attached hydrogen (secondary N) is 2. The van der Waals surface area contributed by atoms with Crippen molar-refractivity contribution in [2.75, 3.05) is 5.32 Å². The lowest BCUT2D eigenvalue weighted by atomic mass is 9.86. The summed E-state index contributed by atoms with van der Waals surface area (Å²) in [5.74, 6) is 1.92. The van der Waals surface area contributed by atoms with Crippen molar-refractivity contribution in [2.24, 2.45) is 5.92 Å². The summed E-state index contributed by atoms with van der Waals surface area (Å²) in [6.07, 6.45) is 4.70. The van der Waals surface area contributed by atoms with Crippen LogP contribution in [-0.4, -0.2) is 21.9 Å². The standard InChI is InChI=1S/C25H28N4O/c1-17-9-6-7-14-22(17)29-25(30)20-12-8-13-21(15-20)28-24-16-23(26-18(2)27-24)19-10-4-3-5-11-19/h3-5,8,10-13,15-17,22H,6-7,9,14H2,1-2H3,(H,29,30)(H,26,27,28). The minimum atomic E-state index is -0.0127. The Kier molecular flexibility index (Phi) is 6.07. The molecule has 0 radical (unpaired) electrons. The van der Waals surface area contributed by atoms with Gasteiger partial charge < -0.3 is 10.6 Å². The van der Waals surface area contributed by atoms with Crippen LogP contribution < -0.4 is 10.6 Å². The van der Waals surface area contributed by atoms with Gasteiger partial charge in [0.05, 0.1) is 5.69 Å². The van der Waals surface area contributed by atoms with E-state index in [1.807, 2.05) is 67.6 Å². The molecular formula is C25H28N4O. The minimum Gasteiger partial charge on any atom is -0.349 e. The molecule has 0 spiro atoms. The third-order valence-electron chi connectivity index (χ3n) is 5.73. The van der Waals surface area contributed by atoms with Crippen LogP contribution >= 0.6 is 0 Å². The van der Waals surface area contributed by atoms with Crippen molar-refractivity contribution in [2.45, 2.75) is 45.6 Å². The van der Waals surface area contributed by atoms with Gasteiger partial charge in [-0.2, -0.15) is 0 Å². The van der Waals surface area contributed by atoms with Gasteiger partial charge >= 0.3 is 0 Å². The highest BCUT2D eigenvalue weighted by atomic mass is 16.1. The predicted octanol–water partition coefficient (Wildman–Crippen LogP) is 5.50. The maximum Gasteiger partial charge on any atom is 0.251 e. The summed E-state index contributed by atoms with van der Waals surface area (Å²) in [4.78, 5) is 21.9. The molecule has 4 rings (SSSR count). The van der Waals surface area contributed by atoms with Gasteiger partial charge in [0.1, 0.15) is 11.6 Å². The molecule has 0 aliphatic heterocycles. The molecule has 0 saturated heterocycles. The minimum absolute atomic E-state index is 0.0127. The quantitative estimate of drug-likeness (QED) is 0.593. The first-order valence-electron chi connectivity index (χ1n) is 10.7. The van der Waals surface area contributed by atoms with E-state index in [0.717, 1.165) is 23.4 Å². The molecule has 1 amide bonds. The number of hydrogen-bond donors (Lipinski definition) is 2. The van der Waals surface area contributed by atoms with E-state index in [1.54, 1.807) is 0 Å². The topological polar surface area (TPSA) is 66.9 Å². The molecule has 2 N–H and O–H groups in total. The Bertz CT molecular complexity index is 1020. The fourth-order valence-corrected chi connectivity index (χ4v) is 4.06. The number of aryl methyl sites for hydroxylation is 1. The lowest BCUT2D eigenvalue weighted by Gasteiger charge is -2.29. The van der Waals surface area contributed by atoms with Gasteiger partial charge in [-0.25, -0.2) is 9.97 Å². The smallest absolute Gasteiger partial charge is 0.251 e. The molecule has 0 bridgehead atoms. The van der Waals surface area contributed by atoms with E-state index in [9.17, 15) is 4.79 Å². The van der Waals surface area contributed by atoms with E-state index in [2.05, 4.69) is 27.5 Å². The number of benzene rings is 2. The molecular weight excluding hydrogens is 372 g/mol. The van der Waals surface area contributed by atoms with Gasteiger partial charge in [0, 0.05) is 28.9 Å². The van der Waals surface area contributed by atoms with Gasteiger partial charge in [-0.05, 0) is 43.9 Å². The second-order valence-electron chi connectivity index (χ2n) is 8.10. The third kappa shape index (κ3) is 4.85. The highest BCUT2D eigenvalue weighted by Gasteiger charge is 2.23. The number of amides is 1. The Labute approximate surface area is 178 Å². The normalized spacial score (nSPS) is 18.6. The molecule has 30 heavy (non-hydrogen) atoms. The number of anilines is 2. The lowest BCUT2D eigenvalue weighted by molar-refractivity contribution is 0.0910. The van der Waals surface area contributed by atoms with E-state index in [4.69, 9.17) is 0 Å². The SMILES string of the molecule is Cc1nc(Nc2cccc(C(=O)NC3CCCCC3C)c2)cc(-c2ccccc2)n1. The molecule has 5 heteroatoms. The van der Waals surface area contributed by atoms with Crippen LogP contribution in [0.5, 0.6) is 0 Å². The zero-order valence-corrected chi connectivity index (χ0v) is 17.6. The Balaban J connectivity index is 1.51. The van der Waals surface area contributed by atoms with Crippen LogP contribution in [0.4, 0.5) is 11.5 Å². The Hall–Kier alpha value is -3.21. The molecule has 1 aliphatic rings. The fourth-order valence-electron chi connectivity index (χ4n) is 4.06. The van der Waals surface area contributed by atoms with Crippen molar-refractivity contribution in [3.05, 3.63) is 72.1 Å². The highest BCUT2D eigenvalue weighted by Crippen LogP contribution is 2.25. The van der Waals surface area contributed by atoms with Crippen LogP contribution in [0.15, 0.2) is 60.7 Å². The van der Waals surface area contributed by atoms with Gasteiger partial charge in [0.25, 0.3) is 5.91 Å². The molecule has 1 saturated carbocycles. The maximum absolute atomic E-state index is 12.8. The highest BCUT2D eigenvalue weighted by molar-refractivity contribution is 5.95. The summed E-state index contributed by atoms with van der Waals surface area (Å²) < 4.78 is 0. The fraction of sp³-hybridized carbons (Fsp3) is 0.320.